The number of nitrogens with zero attached hydrogens (tertiary/aromatic N) is 1. The fraction of sp³-hybridized carbons (Fsp3) is 0.300. The largest absolute Gasteiger partial charge is 0.493 e. The van der Waals surface area contributed by atoms with Gasteiger partial charge in [-0.15, -0.1) is 0 Å². The van der Waals surface area contributed by atoms with Crippen molar-refractivity contribution in [2.24, 2.45) is 0 Å². The van der Waals surface area contributed by atoms with Gasteiger partial charge in [-0.2, -0.15) is 0 Å². The van der Waals surface area contributed by atoms with Gasteiger partial charge in [0.05, 0.1) is 24.2 Å². The number of carbonyl (C=O) groups is 2. The van der Waals surface area contributed by atoms with Gasteiger partial charge in [0, 0.05) is 17.7 Å². The highest BCUT2D eigenvalue weighted by Crippen LogP contribution is 2.28. The number of hydrogen-bond donors (Lipinski definition) is 3. The van der Waals surface area contributed by atoms with Gasteiger partial charge >= 0.3 is 6.03 Å². The number of non-ortho nitro benzene ring substituents is 1. The minimum absolute atomic E-state index is 0.0584. The normalized spacial score (nSPS) is 11.4. The molecule has 1 unspecified atom stereocenters. The highest BCUT2D eigenvalue weighted by Gasteiger charge is 2.15. The molecule has 160 valence electrons. The van der Waals surface area contributed by atoms with E-state index >= 15 is 0 Å². The maximum absolute atomic E-state index is 12.3. The molecule has 2 aromatic rings. The fourth-order valence-corrected chi connectivity index (χ4v) is 2.57. The van der Waals surface area contributed by atoms with Crippen molar-refractivity contribution in [1.29, 1.82) is 0 Å². The lowest BCUT2D eigenvalue weighted by Gasteiger charge is -2.16. The van der Waals surface area contributed by atoms with Gasteiger partial charge in [0.2, 0.25) is 0 Å². The van der Waals surface area contributed by atoms with Crippen LogP contribution in [0.2, 0.25) is 0 Å². The SMILES string of the molecule is COc1cc(C(=O)NNC(=O)NC(C)c2cccc([N+](=O)[O-])c2)ccc1OC(C)C. The summed E-state index contributed by atoms with van der Waals surface area (Å²) in [7, 11) is 1.46. The Balaban J connectivity index is 1.95. The molecule has 0 fully saturated rings. The predicted octanol–water partition coefficient (Wildman–Crippen LogP) is 3.10. The molecule has 30 heavy (non-hydrogen) atoms. The van der Waals surface area contributed by atoms with Gasteiger partial charge < -0.3 is 14.8 Å². The predicted molar refractivity (Wildman–Crippen MR) is 109 cm³/mol. The molecular weight excluding hydrogens is 392 g/mol. The summed E-state index contributed by atoms with van der Waals surface area (Å²) in [6.45, 7) is 5.41. The Morgan fingerprint density at radius 2 is 1.77 bits per heavy atom. The zero-order chi connectivity index (χ0) is 22.3. The molecule has 0 radical (unpaired) electrons. The number of urea groups is 1. The molecule has 3 N–H and O–H groups in total. The summed E-state index contributed by atoms with van der Waals surface area (Å²) < 4.78 is 10.8. The van der Waals surface area contributed by atoms with E-state index in [0.717, 1.165) is 0 Å². The first-order chi connectivity index (χ1) is 14.2. The Morgan fingerprint density at radius 3 is 2.40 bits per heavy atom. The Hall–Kier alpha value is -3.82. The molecule has 2 aromatic carbocycles. The van der Waals surface area contributed by atoms with Crippen LogP contribution in [0.25, 0.3) is 0 Å². The van der Waals surface area contributed by atoms with Crippen molar-refractivity contribution in [3.8, 4) is 11.5 Å². The number of amides is 3. The van der Waals surface area contributed by atoms with Crippen LogP contribution in [-0.4, -0.2) is 30.1 Å². The van der Waals surface area contributed by atoms with Crippen molar-refractivity contribution in [2.75, 3.05) is 7.11 Å². The molecule has 0 aromatic heterocycles. The second kappa shape index (κ2) is 10.1. The second-order valence-electron chi connectivity index (χ2n) is 6.66. The van der Waals surface area contributed by atoms with Gasteiger partial charge in [0.1, 0.15) is 0 Å². The summed E-state index contributed by atoms with van der Waals surface area (Å²) >= 11 is 0. The monoisotopic (exact) mass is 416 g/mol. The lowest BCUT2D eigenvalue weighted by atomic mass is 10.1. The number of hydrogen-bond acceptors (Lipinski definition) is 6. The van der Waals surface area contributed by atoms with Crippen LogP contribution in [0.4, 0.5) is 10.5 Å². The van der Waals surface area contributed by atoms with Crippen molar-refractivity contribution in [3.05, 3.63) is 63.7 Å². The number of ether oxygens (including phenoxy) is 2. The van der Waals surface area contributed by atoms with Gasteiger partial charge in [-0.1, -0.05) is 12.1 Å². The number of nitrogens with one attached hydrogen (secondary N) is 3. The van der Waals surface area contributed by atoms with E-state index in [4.69, 9.17) is 9.47 Å². The molecule has 0 aliphatic rings. The Bertz CT molecular complexity index is 931. The van der Waals surface area contributed by atoms with Gasteiger partial charge in [0.25, 0.3) is 11.6 Å². The van der Waals surface area contributed by atoms with Gasteiger partial charge in [-0.3, -0.25) is 20.3 Å². The fourth-order valence-electron chi connectivity index (χ4n) is 2.57. The maximum Gasteiger partial charge on any atom is 0.333 e. The van der Waals surface area contributed by atoms with E-state index in [9.17, 15) is 19.7 Å². The number of rotatable bonds is 7. The molecule has 0 saturated carbocycles. The first kappa shape index (κ1) is 22.5. The first-order valence-electron chi connectivity index (χ1n) is 9.17. The average Bonchev–Trinajstić information content (AvgIpc) is 2.71. The summed E-state index contributed by atoms with van der Waals surface area (Å²) in [5, 5.41) is 13.5. The number of nitro groups is 1. The van der Waals surface area contributed by atoms with Crippen LogP contribution in [0.15, 0.2) is 42.5 Å². The highest BCUT2D eigenvalue weighted by atomic mass is 16.6. The molecular formula is C20H24N4O6. The van der Waals surface area contributed by atoms with Crippen LogP contribution < -0.4 is 25.6 Å². The van der Waals surface area contributed by atoms with Crippen LogP contribution in [0, 0.1) is 10.1 Å². The average molecular weight is 416 g/mol. The van der Waals surface area contributed by atoms with E-state index in [1.807, 2.05) is 13.8 Å². The van der Waals surface area contributed by atoms with Gasteiger partial charge in [-0.05, 0) is 44.5 Å². The summed E-state index contributed by atoms with van der Waals surface area (Å²) in [5.74, 6) is 0.336. The van der Waals surface area contributed by atoms with E-state index in [1.165, 1.54) is 31.4 Å². The van der Waals surface area contributed by atoms with Crippen LogP contribution in [-0.2, 0) is 0 Å². The zero-order valence-electron chi connectivity index (χ0n) is 17.1. The molecule has 0 bridgehead atoms. The molecule has 0 saturated heterocycles. The maximum atomic E-state index is 12.3. The minimum atomic E-state index is -0.672. The molecule has 0 heterocycles. The lowest BCUT2D eigenvalue weighted by Crippen LogP contribution is -2.47. The van der Waals surface area contributed by atoms with Crippen LogP contribution >= 0.6 is 0 Å². The van der Waals surface area contributed by atoms with Gasteiger partial charge in [0.15, 0.2) is 11.5 Å². The van der Waals surface area contributed by atoms with E-state index in [0.29, 0.717) is 17.1 Å². The number of hydrazine groups is 1. The highest BCUT2D eigenvalue weighted by molar-refractivity contribution is 5.95. The van der Waals surface area contributed by atoms with Crippen LogP contribution in [0.3, 0.4) is 0 Å². The van der Waals surface area contributed by atoms with Crippen molar-refractivity contribution in [2.45, 2.75) is 32.9 Å². The molecule has 10 nitrogen and oxygen atoms in total. The Morgan fingerprint density at radius 1 is 1.03 bits per heavy atom. The number of nitro benzene ring substituents is 1. The quantitative estimate of drug-likeness (QED) is 0.469. The number of carbonyl (C=O) groups excluding carboxylic acids is 2. The first-order valence-corrected chi connectivity index (χ1v) is 9.17. The van der Waals surface area contributed by atoms with Crippen LogP contribution in [0.1, 0.15) is 42.7 Å². The molecule has 0 spiro atoms. The molecule has 1 atom stereocenters. The molecule has 2 rings (SSSR count). The smallest absolute Gasteiger partial charge is 0.333 e. The van der Waals surface area contributed by atoms with E-state index in [1.54, 1.807) is 25.1 Å². The standard InChI is InChI=1S/C20H24N4O6/c1-12(2)30-17-9-8-15(11-18(17)29-4)19(25)22-23-20(26)21-13(3)14-6-5-7-16(10-14)24(27)28/h5-13H,1-4H3,(H,22,25)(H2,21,23,26). The Labute approximate surface area is 173 Å². The van der Waals surface area contributed by atoms with E-state index in [2.05, 4.69) is 16.2 Å². The minimum Gasteiger partial charge on any atom is -0.493 e. The number of benzene rings is 2. The second-order valence-corrected chi connectivity index (χ2v) is 6.66. The molecule has 0 aliphatic carbocycles. The third-order valence-electron chi connectivity index (χ3n) is 4.01. The van der Waals surface area contributed by atoms with Crippen molar-refractivity contribution in [1.82, 2.24) is 16.2 Å². The summed E-state index contributed by atoms with van der Waals surface area (Å²) in [5.41, 5.74) is 5.27. The molecule has 10 heteroatoms. The topological polar surface area (TPSA) is 132 Å². The summed E-state index contributed by atoms with van der Waals surface area (Å²) in [6, 6.07) is 9.38. The third kappa shape index (κ3) is 6.09. The summed E-state index contributed by atoms with van der Waals surface area (Å²) in [6.07, 6.45) is -0.0584. The number of methoxy groups -OCH3 is 1. The lowest BCUT2D eigenvalue weighted by molar-refractivity contribution is -0.384. The van der Waals surface area contributed by atoms with Crippen molar-refractivity contribution in [3.63, 3.8) is 0 Å². The van der Waals surface area contributed by atoms with Gasteiger partial charge in [-0.25, -0.2) is 10.2 Å². The zero-order valence-corrected chi connectivity index (χ0v) is 17.1. The van der Waals surface area contributed by atoms with Crippen molar-refractivity contribution < 1.29 is 24.0 Å². The molecule has 0 aliphatic heterocycles. The van der Waals surface area contributed by atoms with Crippen molar-refractivity contribution >= 4 is 17.6 Å². The molecule has 3 amide bonds. The third-order valence-corrected chi connectivity index (χ3v) is 4.01. The Kier molecular flexibility index (Phi) is 7.56. The summed E-state index contributed by atoms with van der Waals surface area (Å²) in [4.78, 5) is 34.7. The van der Waals surface area contributed by atoms with Crippen LogP contribution in [0.5, 0.6) is 11.5 Å². The van der Waals surface area contributed by atoms with E-state index in [-0.39, 0.29) is 17.4 Å². The van der Waals surface area contributed by atoms with E-state index < -0.39 is 22.9 Å².